The van der Waals surface area contributed by atoms with Gasteiger partial charge in [0, 0.05) is 5.56 Å². The number of aryl methyl sites for hydroxylation is 1. The van der Waals surface area contributed by atoms with E-state index in [0.29, 0.717) is 23.5 Å². The molecule has 0 spiro atoms. The predicted octanol–water partition coefficient (Wildman–Crippen LogP) is 3.66. The quantitative estimate of drug-likeness (QED) is 0.793. The Morgan fingerprint density at radius 2 is 1.83 bits per heavy atom. The first-order valence-electron chi connectivity index (χ1n) is 7.56. The Hall–Kier alpha value is -2.62. The molecular formula is C19H20O4. The fraction of sp³-hybridized carbons (Fsp3) is 0.263. The van der Waals surface area contributed by atoms with Crippen LogP contribution in [0.5, 0.6) is 5.75 Å². The molecule has 0 saturated heterocycles. The molecule has 0 heterocycles. The Morgan fingerprint density at radius 1 is 1.09 bits per heavy atom. The minimum atomic E-state index is -0.972. The van der Waals surface area contributed by atoms with Gasteiger partial charge in [0.1, 0.15) is 12.4 Å². The second-order valence-electron chi connectivity index (χ2n) is 5.41. The van der Waals surface area contributed by atoms with E-state index in [2.05, 4.69) is 19.1 Å². The maximum Gasteiger partial charge on any atom is 0.307 e. The molecule has 4 nitrogen and oxygen atoms in total. The van der Waals surface area contributed by atoms with Crippen molar-refractivity contribution in [2.75, 3.05) is 0 Å². The molecule has 0 saturated carbocycles. The molecule has 0 aromatic heterocycles. The highest BCUT2D eigenvalue weighted by Gasteiger charge is 2.12. The zero-order valence-corrected chi connectivity index (χ0v) is 13.3. The fourth-order valence-electron chi connectivity index (χ4n) is 2.42. The second-order valence-corrected chi connectivity index (χ2v) is 5.41. The maximum atomic E-state index is 11.6. The topological polar surface area (TPSA) is 63.6 Å². The molecule has 120 valence electrons. The zero-order valence-electron chi connectivity index (χ0n) is 13.3. The van der Waals surface area contributed by atoms with Gasteiger partial charge >= 0.3 is 5.97 Å². The summed E-state index contributed by atoms with van der Waals surface area (Å²) >= 11 is 0. The van der Waals surface area contributed by atoms with Crippen LogP contribution in [0.2, 0.25) is 0 Å². The molecule has 2 aromatic carbocycles. The molecule has 1 N–H and O–H groups in total. The van der Waals surface area contributed by atoms with E-state index in [1.54, 1.807) is 18.2 Å². The molecule has 0 aliphatic heterocycles. The van der Waals surface area contributed by atoms with Crippen molar-refractivity contribution in [3.05, 3.63) is 64.7 Å². The largest absolute Gasteiger partial charge is 0.489 e. The Balaban J connectivity index is 2.16. The van der Waals surface area contributed by atoms with Crippen molar-refractivity contribution < 1.29 is 19.4 Å². The molecule has 0 aliphatic rings. The van der Waals surface area contributed by atoms with E-state index in [1.165, 1.54) is 12.5 Å². The van der Waals surface area contributed by atoms with Crippen molar-refractivity contribution >= 4 is 11.8 Å². The highest BCUT2D eigenvalue weighted by molar-refractivity contribution is 5.96. The third-order valence-electron chi connectivity index (χ3n) is 3.60. The lowest BCUT2D eigenvalue weighted by Gasteiger charge is -2.11. The van der Waals surface area contributed by atoms with Gasteiger partial charge in [-0.25, -0.2) is 0 Å². The van der Waals surface area contributed by atoms with Gasteiger partial charge in [-0.15, -0.1) is 0 Å². The highest BCUT2D eigenvalue weighted by Crippen LogP contribution is 2.20. The molecule has 2 rings (SSSR count). The molecular weight excluding hydrogens is 292 g/mol. The van der Waals surface area contributed by atoms with Crippen molar-refractivity contribution in [3.8, 4) is 5.75 Å². The summed E-state index contributed by atoms with van der Waals surface area (Å²) < 4.78 is 5.74. The number of Topliss-reactive ketones (excluding diaryl/α,β-unsaturated/α-hetero) is 1. The normalized spacial score (nSPS) is 10.3. The minimum Gasteiger partial charge on any atom is -0.489 e. The lowest BCUT2D eigenvalue weighted by atomic mass is 10.0. The van der Waals surface area contributed by atoms with Crippen molar-refractivity contribution in [3.63, 3.8) is 0 Å². The van der Waals surface area contributed by atoms with Crippen LogP contribution in [0.3, 0.4) is 0 Å². The van der Waals surface area contributed by atoms with Crippen LogP contribution < -0.4 is 4.74 Å². The summed E-state index contributed by atoms with van der Waals surface area (Å²) in [5.41, 5.74) is 3.20. The molecule has 0 bridgehead atoms. The van der Waals surface area contributed by atoms with Crippen molar-refractivity contribution in [1.82, 2.24) is 0 Å². The first-order valence-corrected chi connectivity index (χ1v) is 7.56. The van der Waals surface area contributed by atoms with E-state index in [1.807, 2.05) is 12.1 Å². The zero-order chi connectivity index (χ0) is 16.8. The van der Waals surface area contributed by atoms with E-state index in [9.17, 15) is 9.59 Å². The molecule has 2 aromatic rings. The SMILES string of the molecule is CCc1cccc(COc2ccc(C(C)=O)c(CC(=O)O)c2)c1. The summed E-state index contributed by atoms with van der Waals surface area (Å²) in [7, 11) is 0. The molecule has 0 aliphatic carbocycles. The van der Waals surface area contributed by atoms with Crippen molar-refractivity contribution in [2.45, 2.75) is 33.3 Å². The van der Waals surface area contributed by atoms with Gasteiger partial charge in [-0.05, 0) is 48.2 Å². The Bertz CT molecular complexity index is 719. The monoisotopic (exact) mass is 312 g/mol. The Labute approximate surface area is 135 Å². The van der Waals surface area contributed by atoms with Gasteiger partial charge in [0.05, 0.1) is 6.42 Å². The third kappa shape index (κ3) is 4.68. The lowest BCUT2D eigenvalue weighted by Crippen LogP contribution is -2.07. The first kappa shape index (κ1) is 16.7. The van der Waals surface area contributed by atoms with Gasteiger partial charge in [-0.1, -0.05) is 31.2 Å². The summed E-state index contributed by atoms with van der Waals surface area (Å²) in [4.78, 5) is 22.5. The number of rotatable bonds is 7. The van der Waals surface area contributed by atoms with E-state index in [0.717, 1.165) is 12.0 Å². The van der Waals surface area contributed by atoms with E-state index in [-0.39, 0.29) is 12.2 Å². The number of hydrogen-bond acceptors (Lipinski definition) is 3. The standard InChI is InChI=1S/C19H20O4/c1-3-14-5-4-6-15(9-14)12-23-17-7-8-18(13(2)20)16(10-17)11-19(21)22/h4-10H,3,11-12H2,1-2H3,(H,21,22). The van der Waals surface area contributed by atoms with Crippen LogP contribution in [0.4, 0.5) is 0 Å². The van der Waals surface area contributed by atoms with Gasteiger partial charge < -0.3 is 9.84 Å². The van der Waals surface area contributed by atoms with E-state index in [4.69, 9.17) is 9.84 Å². The van der Waals surface area contributed by atoms with Crippen LogP contribution in [-0.4, -0.2) is 16.9 Å². The number of carbonyl (C=O) groups is 2. The molecule has 0 amide bonds. The van der Waals surface area contributed by atoms with Crippen LogP contribution in [0, 0.1) is 0 Å². The molecule has 0 fully saturated rings. The Morgan fingerprint density at radius 3 is 2.48 bits per heavy atom. The van der Waals surface area contributed by atoms with E-state index < -0.39 is 5.97 Å². The van der Waals surface area contributed by atoms with Gasteiger partial charge in [0.15, 0.2) is 5.78 Å². The smallest absolute Gasteiger partial charge is 0.307 e. The number of carboxylic acid groups (broad SMARTS) is 1. The second kappa shape index (κ2) is 7.58. The summed E-state index contributed by atoms with van der Waals surface area (Å²) in [5, 5.41) is 8.98. The maximum absolute atomic E-state index is 11.6. The van der Waals surface area contributed by atoms with Gasteiger partial charge in [0.25, 0.3) is 0 Å². The number of ketones is 1. The molecule has 23 heavy (non-hydrogen) atoms. The van der Waals surface area contributed by atoms with Crippen molar-refractivity contribution in [1.29, 1.82) is 0 Å². The van der Waals surface area contributed by atoms with Crippen LogP contribution >= 0.6 is 0 Å². The van der Waals surface area contributed by atoms with E-state index >= 15 is 0 Å². The number of carbonyl (C=O) groups excluding carboxylic acids is 1. The summed E-state index contributed by atoms with van der Waals surface area (Å²) in [6.07, 6.45) is 0.765. The van der Waals surface area contributed by atoms with Gasteiger partial charge in [0.2, 0.25) is 0 Å². The summed E-state index contributed by atoms with van der Waals surface area (Å²) in [5.74, 6) is -0.558. The average Bonchev–Trinajstić information content (AvgIpc) is 2.52. The summed E-state index contributed by atoms with van der Waals surface area (Å²) in [6.45, 7) is 3.93. The van der Waals surface area contributed by atoms with Crippen LogP contribution in [0.1, 0.15) is 40.9 Å². The van der Waals surface area contributed by atoms with Gasteiger partial charge in [-0.3, -0.25) is 9.59 Å². The lowest BCUT2D eigenvalue weighted by molar-refractivity contribution is -0.136. The van der Waals surface area contributed by atoms with Crippen LogP contribution in [0.15, 0.2) is 42.5 Å². The van der Waals surface area contributed by atoms with Crippen molar-refractivity contribution in [2.24, 2.45) is 0 Å². The first-order chi connectivity index (χ1) is 11.0. The Kier molecular flexibility index (Phi) is 5.52. The number of benzene rings is 2. The average molecular weight is 312 g/mol. The number of hydrogen-bond donors (Lipinski definition) is 1. The molecule has 4 heteroatoms. The van der Waals surface area contributed by atoms with Gasteiger partial charge in [-0.2, -0.15) is 0 Å². The fourth-order valence-corrected chi connectivity index (χ4v) is 2.42. The number of ether oxygens (including phenoxy) is 1. The van der Waals surface area contributed by atoms with Crippen LogP contribution in [-0.2, 0) is 24.2 Å². The highest BCUT2D eigenvalue weighted by atomic mass is 16.5. The minimum absolute atomic E-state index is 0.150. The molecule has 0 radical (unpaired) electrons. The molecule has 0 unspecified atom stereocenters. The number of carboxylic acids is 1. The predicted molar refractivity (Wildman–Crippen MR) is 87.9 cm³/mol. The van der Waals surface area contributed by atoms with Crippen LogP contribution in [0.25, 0.3) is 0 Å². The third-order valence-corrected chi connectivity index (χ3v) is 3.60. The summed E-state index contributed by atoms with van der Waals surface area (Å²) in [6, 6.07) is 13.1. The molecule has 0 atom stereocenters. The number of aliphatic carboxylic acids is 1.